The molecule has 0 bridgehead atoms. The Bertz CT molecular complexity index is 172. The van der Waals surface area contributed by atoms with E-state index in [1.807, 2.05) is 0 Å². The van der Waals surface area contributed by atoms with Gasteiger partial charge in [0.05, 0.1) is 0 Å². The van der Waals surface area contributed by atoms with E-state index in [1.54, 1.807) is 0 Å². The first-order valence-electron chi connectivity index (χ1n) is 2.57. The first kappa shape index (κ1) is 7.24. The normalized spacial score (nSPS) is 31.4. The van der Waals surface area contributed by atoms with Crippen LogP contribution in [0.4, 0.5) is 13.2 Å². The number of alkyl halides is 1. The Kier molecular flexibility index (Phi) is 1.50. The van der Waals surface area contributed by atoms with E-state index in [-0.39, 0.29) is 0 Å². The molecule has 1 heterocycles. The molecule has 0 spiro atoms. The number of hydrogen-bond acceptors (Lipinski definition) is 2. The van der Waals surface area contributed by atoms with Crippen molar-refractivity contribution < 1.29 is 22.6 Å². The van der Waals surface area contributed by atoms with Crippen molar-refractivity contribution in [3.8, 4) is 0 Å². The van der Waals surface area contributed by atoms with Gasteiger partial charge in [-0.1, -0.05) is 0 Å². The van der Waals surface area contributed by atoms with Gasteiger partial charge in [-0.3, -0.25) is 0 Å². The fourth-order valence-corrected chi connectivity index (χ4v) is 0.540. The second-order valence-corrected chi connectivity index (χ2v) is 2.04. The quantitative estimate of drug-likeness (QED) is 0.529. The zero-order chi connectivity index (χ0) is 7.78. The minimum Gasteiger partial charge on any atom is -0.454 e. The van der Waals surface area contributed by atoms with Crippen molar-refractivity contribution in [1.29, 1.82) is 0 Å². The van der Waals surface area contributed by atoms with Crippen LogP contribution in [0.1, 0.15) is 6.92 Å². The molecule has 0 amide bonds. The zero-order valence-electron chi connectivity index (χ0n) is 5.16. The van der Waals surface area contributed by atoms with Crippen molar-refractivity contribution in [1.82, 2.24) is 0 Å². The van der Waals surface area contributed by atoms with Gasteiger partial charge in [-0.15, -0.1) is 0 Å². The van der Waals surface area contributed by atoms with Gasteiger partial charge in [-0.25, -0.2) is 0 Å². The molecule has 5 heteroatoms. The average molecular weight is 154 g/mol. The Morgan fingerprint density at radius 2 is 2.20 bits per heavy atom. The van der Waals surface area contributed by atoms with Crippen LogP contribution >= 0.6 is 0 Å². The van der Waals surface area contributed by atoms with Gasteiger partial charge in [0.15, 0.2) is 6.61 Å². The van der Waals surface area contributed by atoms with Crippen LogP contribution < -0.4 is 0 Å². The SMILES string of the molecule is CC1(F)COC(=C(F)F)O1. The van der Waals surface area contributed by atoms with Gasteiger partial charge in [0.1, 0.15) is 0 Å². The Hall–Kier alpha value is -0.870. The number of halogens is 3. The minimum atomic E-state index is -2.14. The third-order valence-corrected chi connectivity index (χ3v) is 0.921. The summed E-state index contributed by atoms with van der Waals surface area (Å²) in [6, 6.07) is 0. The summed E-state index contributed by atoms with van der Waals surface area (Å²) >= 11 is 0. The first-order chi connectivity index (χ1) is 4.51. The van der Waals surface area contributed by atoms with Gasteiger partial charge < -0.3 is 9.47 Å². The van der Waals surface area contributed by atoms with E-state index < -0.39 is 24.5 Å². The standard InChI is InChI=1S/C5H5F3O2/c1-5(8)2-9-4(10-5)3(6)7/h2H2,1H3. The maximum absolute atomic E-state index is 12.5. The summed E-state index contributed by atoms with van der Waals surface area (Å²) in [4.78, 5) is 0. The largest absolute Gasteiger partial charge is 0.454 e. The highest BCUT2D eigenvalue weighted by Crippen LogP contribution is 2.29. The van der Waals surface area contributed by atoms with Crippen molar-refractivity contribution in [2.45, 2.75) is 12.8 Å². The monoisotopic (exact) mass is 154 g/mol. The predicted octanol–water partition coefficient (Wildman–Crippen LogP) is 1.78. The van der Waals surface area contributed by atoms with Gasteiger partial charge in [0.2, 0.25) is 0 Å². The third kappa shape index (κ3) is 1.34. The predicted molar refractivity (Wildman–Crippen MR) is 25.8 cm³/mol. The van der Waals surface area contributed by atoms with Crippen LogP contribution in [-0.2, 0) is 9.47 Å². The van der Waals surface area contributed by atoms with E-state index in [1.165, 1.54) is 0 Å². The van der Waals surface area contributed by atoms with Gasteiger partial charge in [0.25, 0.3) is 5.85 Å². The topological polar surface area (TPSA) is 18.5 Å². The highest BCUT2D eigenvalue weighted by Gasteiger charge is 2.37. The fraction of sp³-hybridized carbons (Fsp3) is 0.600. The molecule has 1 fully saturated rings. The summed E-state index contributed by atoms with van der Waals surface area (Å²) in [5.74, 6) is -3.12. The van der Waals surface area contributed by atoms with E-state index in [2.05, 4.69) is 9.47 Å². The smallest absolute Gasteiger partial charge is 0.350 e. The van der Waals surface area contributed by atoms with Crippen molar-refractivity contribution in [2.75, 3.05) is 6.61 Å². The molecule has 2 nitrogen and oxygen atoms in total. The van der Waals surface area contributed by atoms with Crippen molar-refractivity contribution >= 4 is 0 Å². The second kappa shape index (κ2) is 2.07. The highest BCUT2D eigenvalue weighted by atomic mass is 19.3. The van der Waals surface area contributed by atoms with Gasteiger partial charge in [0, 0.05) is 6.92 Å². The second-order valence-electron chi connectivity index (χ2n) is 2.04. The molecule has 0 radical (unpaired) electrons. The maximum atomic E-state index is 12.5. The highest BCUT2D eigenvalue weighted by molar-refractivity contribution is 4.90. The molecular weight excluding hydrogens is 149 g/mol. The summed E-state index contributed by atoms with van der Waals surface area (Å²) in [7, 11) is 0. The third-order valence-electron chi connectivity index (χ3n) is 0.921. The molecule has 0 aliphatic carbocycles. The molecule has 1 unspecified atom stereocenters. The molecule has 0 N–H and O–H groups in total. The molecule has 0 aromatic carbocycles. The van der Waals surface area contributed by atoms with E-state index in [9.17, 15) is 13.2 Å². The average Bonchev–Trinajstić information content (AvgIpc) is 2.10. The molecule has 0 saturated carbocycles. The van der Waals surface area contributed by atoms with Crippen LogP contribution in [0, 0.1) is 0 Å². The molecule has 1 aliphatic heterocycles. The lowest BCUT2D eigenvalue weighted by Gasteiger charge is -2.06. The Labute approximate surface area is 55.2 Å². The van der Waals surface area contributed by atoms with Crippen molar-refractivity contribution in [3.05, 3.63) is 12.0 Å². The molecule has 1 saturated heterocycles. The Morgan fingerprint density at radius 3 is 2.40 bits per heavy atom. The molecule has 58 valence electrons. The van der Waals surface area contributed by atoms with Gasteiger partial charge in [-0.05, 0) is 0 Å². The summed E-state index contributed by atoms with van der Waals surface area (Å²) in [5.41, 5.74) is 0. The van der Waals surface area contributed by atoms with Crippen molar-refractivity contribution in [3.63, 3.8) is 0 Å². The first-order valence-corrected chi connectivity index (χ1v) is 2.57. The summed E-state index contributed by atoms with van der Waals surface area (Å²) in [6.07, 6.45) is -2.14. The summed E-state index contributed by atoms with van der Waals surface area (Å²) in [5, 5.41) is 0. The molecule has 0 aromatic rings. The summed E-state index contributed by atoms with van der Waals surface area (Å²) < 4.78 is 43.8. The number of ether oxygens (including phenoxy) is 2. The van der Waals surface area contributed by atoms with E-state index in [0.29, 0.717) is 0 Å². The molecule has 1 rings (SSSR count). The zero-order valence-corrected chi connectivity index (χ0v) is 5.16. The molecular formula is C5H5F3O2. The Morgan fingerprint density at radius 1 is 1.60 bits per heavy atom. The number of hydrogen-bond donors (Lipinski definition) is 0. The number of rotatable bonds is 0. The van der Waals surface area contributed by atoms with Crippen LogP contribution in [0.15, 0.2) is 12.0 Å². The van der Waals surface area contributed by atoms with Crippen LogP contribution in [-0.4, -0.2) is 12.5 Å². The maximum Gasteiger partial charge on any atom is 0.350 e. The van der Waals surface area contributed by atoms with Crippen LogP contribution in [0.3, 0.4) is 0 Å². The molecule has 0 aromatic heterocycles. The fourth-order valence-electron chi connectivity index (χ4n) is 0.540. The molecule has 10 heavy (non-hydrogen) atoms. The minimum absolute atomic E-state index is 0.486. The van der Waals surface area contributed by atoms with E-state index in [0.717, 1.165) is 6.92 Å². The van der Waals surface area contributed by atoms with Crippen molar-refractivity contribution in [2.24, 2.45) is 0 Å². The van der Waals surface area contributed by atoms with Gasteiger partial charge >= 0.3 is 12.0 Å². The Balaban J connectivity index is 2.69. The lowest BCUT2D eigenvalue weighted by molar-refractivity contribution is -0.0581. The molecule has 1 atom stereocenters. The lowest BCUT2D eigenvalue weighted by Crippen LogP contribution is -2.18. The summed E-state index contributed by atoms with van der Waals surface area (Å²) in [6.45, 7) is 0.530. The lowest BCUT2D eigenvalue weighted by atomic mass is 10.4. The van der Waals surface area contributed by atoms with Crippen LogP contribution in [0.2, 0.25) is 0 Å². The van der Waals surface area contributed by atoms with E-state index in [4.69, 9.17) is 0 Å². The van der Waals surface area contributed by atoms with Crippen LogP contribution in [0.5, 0.6) is 0 Å². The molecule has 1 aliphatic rings. The van der Waals surface area contributed by atoms with E-state index >= 15 is 0 Å². The van der Waals surface area contributed by atoms with Crippen LogP contribution in [0.25, 0.3) is 0 Å². The van der Waals surface area contributed by atoms with Gasteiger partial charge in [-0.2, -0.15) is 13.2 Å².